The molecule has 0 saturated heterocycles. The number of rotatable bonds is 8. The Kier molecular flexibility index (Phi) is 9.79. The average Bonchev–Trinajstić information content (AvgIpc) is 3.14. The Labute approximate surface area is 179 Å². The van der Waals surface area contributed by atoms with Crippen molar-refractivity contribution in [3.05, 3.63) is 42.4 Å². The van der Waals surface area contributed by atoms with E-state index >= 15 is 0 Å². The molecule has 1 heterocycles. The van der Waals surface area contributed by atoms with Crippen molar-refractivity contribution in [2.24, 2.45) is 10.4 Å². The number of aliphatic imine (C=N–C) groups is 1. The highest BCUT2D eigenvalue weighted by Crippen LogP contribution is 2.20. The van der Waals surface area contributed by atoms with E-state index in [4.69, 9.17) is 4.99 Å². The first kappa shape index (κ1) is 23.4. The lowest BCUT2D eigenvalue weighted by Gasteiger charge is -2.26. The van der Waals surface area contributed by atoms with Crippen molar-refractivity contribution in [2.75, 3.05) is 26.7 Å². The van der Waals surface area contributed by atoms with Crippen molar-refractivity contribution in [1.82, 2.24) is 20.2 Å². The van der Waals surface area contributed by atoms with Gasteiger partial charge in [-0.3, -0.25) is 4.99 Å². The van der Waals surface area contributed by atoms with Crippen LogP contribution in [-0.2, 0) is 6.54 Å². The molecular formula is C20H32IN5O. The molecule has 7 heteroatoms. The summed E-state index contributed by atoms with van der Waals surface area (Å²) in [6.45, 7) is 8.32. The van der Waals surface area contributed by atoms with Crippen LogP contribution in [0.4, 0.5) is 0 Å². The number of benzene rings is 1. The van der Waals surface area contributed by atoms with Crippen molar-refractivity contribution in [3.63, 3.8) is 0 Å². The SMILES string of the molecule is CCNC(=NCC(C)(CC)CO)N(C)Cc1ncc(-c2ccccc2)[nH]1.I. The Balaban J connectivity index is 0.00000364. The standard InChI is InChI=1S/C20H31N5O.HI/c1-5-20(3,15-26)14-23-19(21-6-2)25(4)13-18-22-12-17(24-18)16-10-8-7-9-11-16;/h7-12,26H,5-6,13-15H2,1-4H3,(H,21,23)(H,22,24);1H. The minimum atomic E-state index is -0.188. The second kappa shape index (κ2) is 11.3. The maximum Gasteiger partial charge on any atom is 0.194 e. The Morgan fingerprint density at radius 3 is 2.59 bits per heavy atom. The number of aromatic amines is 1. The molecule has 0 saturated carbocycles. The van der Waals surface area contributed by atoms with Crippen LogP contribution in [0.1, 0.15) is 33.0 Å². The van der Waals surface area contributed by atoms with Crippen LogP contribution in [0.3, 0.4) is 0 Å². The molecule has 0 aliphatic heterocycles. The van der Waals surface area contributed by atoms with Gasteiger partial charge in [0.1, 0.15) is 5.82 Å². The van der Waals surface area contributed by atoms with Gasteiger partial charge in [-0.2, -0.15) is 0 Å². The van der Waals surface area contributed by atoms with Gasteiger partial charge in [0.05, 0.1) is 31.6 Å². The topological polar surface area (TPSA) is 76.5 Å². The number of nitrogens with one attached hydrogen (secondary N) is 2. The largest absolute Gasteiger partial charge is 0.396 e. The zero-order chi connectivity index (χ0) is 19.0. The third kappa shape index (κ3) is 6.80. The van der Waals surface area contributed by atoms with Gasteiger partial charge in [0.2, 0.25) is 0 Å². The van der Waals surface area contributed by atoms with Crippen molar-refractivity contribution in [3.8, 4) is 11.3 Å². The fourth-order valence-electron chi connectivity index (χ4n) is 2.52. The van der Waals surface area contributed by atoms with Gasteiger partial charge in [-0.25, -0.2) is 4.98 Å². The molecule has 0 radical (unpaired) electrons. The van der Waals surface area contributed by atoms with Gasteiger partial charge in [-0.1, -0.05) is 44.2 Å². The van der Waals surface area contributed by atoms with Crippen LogP contribution in [0, 0.1) is 5.41 Å². The maximum atomic E-state index is 9.59. The quantitative estimate of drug-likeness (QED) is 0.304. The first-order valence-corrected chi connectivity index (χ1v) is 9.21. The van der Waals surface area contributed by atoms with Crippen LogP contribution in [0.15, 0.2) is 41.5 Å². The van der Waals surface area contributed by atoms with Crippen molar-refractivity contribution in [2.45, 2.75) is 33.7 Å². The fourth-order valence-corrected chi connectivity index (χ4v) is 2.52. The van der Waals surface area contributed by atoms with Crippen LogP contribution in [0.2, 0.25) is 0 Å². The molecule has 1 atom stereocenters. The predicted octanol–water partition coefficient (Wildman–Crippen LogP) is 3.50. The molecule has 2 aromatic rings. The number of halogens is 1. The molecule has 0 amide bonds. The fraction of sp³-hybridized carbons (Fsp3) is 0.500. The molecule has 0 bridgehead atoms. The number of hydrogen-bond donors (Lipinski definition) is 3. The Hall–Kier alpha value is -1.61. The number of guanidine groups is 1. The normalized spacial score (nSPS) is 13.6. The molecule has 2 rings (SSSR count). The third-order valence-electron chi connectivity index (χ3n) is 4.64. The molecule has 27 heavy (non-hydrogen) atoms. The van der Waals surface area contributed by atoms with Gasteiger partial charge in [0, 0.05) is 19.0 Å². The molecule has 1 aromatic heterocycles. The van der Waals surface area contributed by atoms with E-state index in [0.29, 0.717) is 13.1 Å². The Bertz CT molecular complexity index is 697. The van der Waals surface area contributed by atoms with Gasteiger partial charge >= 0.3 is 0 Å². The summed E-state index contributed by atoms with van der Waals surface area (Å²) in [7, 11) is 1.99. The second-order valence-electron chi connectivity index (χ2n) is 6.96. The lowest BCUT2D eigenvalue weighted by Crippen LogP contribution is -2.39. The highest BCUT2D eigenvalue weighted by Gasteiger charge is 2.21. The molecule has 3 N–H and O–H groups in total. The summed E-state index contributed by atoms with van der Waals surface area (Å²) < 4.78 is 0. The number of nitrogens with zero attached hydrogens (tertiary/aromatic N) is 3. The maximum absolute atomic E-state index is 9.59. The molecular weight excluding hydrogens is 453 g/mol. The average molecular weight is 485 g/mol. The van der Waals surface area contributed by atoms with E-state index in [1.54, 1.807) is 0 Å². The second-order valence-corrected chi connectivity index (χ2v) is 6.96. The lowest BCUT2D eigenvalue weighted by atomic mass is 9.89. The van der Waals surface area contributed by atoms with Gasteiger partial charge in [0.25, 0.3) is 0 Å². The molecule has 6 nitrogen and oxygen atoms in total. The highest BCUT2D eigenvalue weighted by atomic mass is 127. The zero-order valence-electron chi connectivity index (χ0n) is 16.7. The lowest BCUT2D eigenvalue weighted by molar-refractivity contribution is 0.145. The molecule has 0 aliphatic rings. The summed E-state index contributed by atoms with van der Waals surface area (Å²) in [5.41, 5.74) is 1.94. The summed E-state index contributed by atoms with van der Waals surface area (Å²) in [5.74, 6) is 1.70. The van der Waals surface area contributed by atoms with Crippen LogP contribution >= 0.6 is 24.0 Å². The van der Waals surface area contributed by atoms with E-state index in [0.717, 1.165) is 36.0 Å². The van der Waals surface area contributed by atoms with Crippen molar-refractivity contribution in [1.29, 1.82) is 0 Å². The molecule has 150 valence electrons. The molecule has 0 spiro atoms. The minimum Gasteiger partial charge on any atom is -0.396 e. The van der Waals surface area contributed by atoms with Crippen LogP contribution in [0.25, 0.3) is 11.3 Å². The first-order valence-electron chi connectivity index (χ1n) is 9.21. The third-order valence-corrected chi connectivity index (χ3v) is 4.64. The number of imidazole rings is 1. The van der Waals surface area contributed by atoms with Crippen LogP contribution in [-0.4, -0.2) is 52.7 Å². The predicted molar refractivity (Wildman–Crippen MR) is 122 cm³/mol. The van der Waals surface area contributed by atoms with E-state index in [9.17, 15) is 5.11 Å². The molecule has 1 unspecified atom stereocenters. The molecule has 0 fully saturated rings. The monoisotopic (exact) mass is 485 g/mol. The number of aliphatic hydroxyl groups excluding tert-OH is 1. The summed E-state index contributed by atoms with van der Waals surface area (Å²) in [6.07, 6.45) is 2.75. The van der Waals surface area contributed by atoms with Gasteiger partial charge in [-0.15, -0.1) is 24.0 Å². The summed E-state index contributed by atoms with van der Waals surface area (Å²) in [4.78, 5) is 14.6. The van der Waals surface area contributed by atoms with Crippen molar-refractivity contribution < 1.29 is 5.11 Å². The van der Waals surface area contributed by atoms with Gasteiger partial charge < -0.3 is 20.3 Å². The van der Waals surface area contributed by atoms with Crippen LogP contribution < -0.4 is 5.32 Å². The molecule has 0 aliphatic carbocycles. The number of H-pyrrole nitrogens is 1. The van der Waals surface area contributed by atoms with E-state index in [2.05, 4.69) is 48.2 Å². The number of aromatic nitrogens is 2. The summed E-state index contributed by atoms with van der Waals surface area (Å²) in [6, 6.07) is 10.2. The Morgan fingerprint density at radius 1 is 1.30 bits per heavy atom. The van der Waals surface area contributed by atoms with E-state index in [1.807, 2.05) is 36.3 Å². The highest BCUT2D eigenvalue weighted by molar-refractivity contribution is 14.0. The molecule has 1 aromatic carbocycles. The van der Waals surface area contributed by atoms with E-state index in [-0.39, 0.29) is 36.0 Å². The first-order chi connectivity index (χ1) is 12.5. The zero-order valence-corrected chi connectivity index (χ0v) is 19.0. The number of aliphatic hydroxyl groups is 1. The smallest absolute Gasteiger partial charge is 0.194 e. The minimum absolute atomic E-state index is 0. The van der Waals surface area contributed by atoms with E-state index in [1.165, 1.54) is 0 Å². The number of hydrogen-bond acceptors (Lipinski definition) is 3. The summed E-state index contributed by atoms with van der Waals surface area (Å²) >= 11 is 0. The van der Waals surface area contributed by atoms with Crippen LogP contribution in [0.5, 0.6) is 0 Å². The van der Waals surface area contributed by atoms with E-state index < -0.39 is 0 Å². The Morgan fingerprint density at radius 2 is 2.00 bits per heavy atom. The van der Waals surface area contributed by atoms with Gasteiger partial charge in [0.15, 0.2) is 5.96 Å². The summed E-state index contributed by atoms with van der Waals surface area (Å²) in [5, 5.41) is 12.9. The van der Waals surface area contributed by atoms with Crippen molar-refractivity contribution >= 4 is 29.9 Å². The van der Waals surface area contributed by atoms with Gasteiger partial charge in [-0.05, 0) is 18.9 Å².